The Labute approximate surface area is 53.7 Å². The molecule has 0 aromatic rings. The Morgan fingerprint density at radius 2 is 1.67 bits per heavy atom. The van der Waals surface area contributed by atoms with E-state index in [1.54, 1.807) is 0 Å². The Morgan fingerprint density at radius 1 is 1.22 bits per heavy atom. The topological polar surface area (TPSA) is 69.9 Å². The van der Waals surface area contributed by atoms with Gasteiger partial charge >= 0.3 is 0 Å². The molecule has 4 heteroatoms. The van der Waals surface area contributed by atoms with Gasteiger partial charge in [0.2, 0.25) is 0 Å². The van der Waals surface area contributed by atoms with Crippen LogP contribution in [-0.2, 0) is 4.74 Å². The molecule has 56 valence electrons. The minimum atomic E-state index is -1.30. The number of methoxy groups -OCH3 is 1. The van der Waals surface area contributed by atoms with Gasteiger partial charge in [-0.3, -0.25) is 0 Å². The summed E-state index contributed by atoms with van der Waals surface area (Å²) in [6.07, 6.45) is -3.50. The van der Waals surface area contributed by atoms with E-state index in [0.29, 0.717) is 0 Å². The molecule has 0 aliphatic rings. The van der Waals surface area contributed by atoms with Gasteiger partial charge in [0.25, 0.3) is 0 Å². The molecule has 9 heavy (non-hydrogen) atoms. The van der Waals surface area contributed by atoms with Crippen LogP contribution in [0.4, 0.5) is 0 Å². The lowest BCUT2D eigenvalue weighted by Gasteiger charge is -2.17. The van der Waals surface area contributed by atoms with Gasteiger partial charge in [0.15, 0.2) is 6.29 Å². The summed E-state index contributed by atoms with van der Waals surface area (Å²) in [6, 6.07) is 0. The molecule has 3 unspecified atom stereocenters. The van der Waals surface area contributed by atoms with Crippen LogP contribution in [0, 0.1) is 0 Å². The molecule has 0 aromatic heterocycles. The van der Waals surface area contributed by atoms with Crippen molar-refractivity contribution in [1.29, 1.82) is 0 Å². The lowest BCUT2D eigenvalue weighted by atomic mass is 10.2. The van der Waals surface area contributed by atoms with Crippen LogP contribution in [-0.4, -0.2) is 40.9 Å². The highest BCUT2D eigenvalue weighted by Gasteiger charge is 2.19. The lowest BCUT2D eigenvalue weighted by molar-refractivity contribution is -0.171. The zero-order valence-electron chi connectivity index (χ0n) is 5.48. The number of aliphatic hydroxyl groups is 3. The van der Waals surface area contributed by atoms with Gasteiger partial charge in [-0.2, -0.15) is 0 Å². The van der Waals surface area contributed by atoms with E-state index in [0.717, 1.165) is 0 Å². The maximum absolute atomic E-state index is 8.77. The standard InChI is InChI=1S/C5H12O4/c1-3(6)4(7)5(8)9-2/h3-8H,1-2H3. The highest BCUT2D eigenvalue weighted by Crippen LogP contribution is 1.98. The molecule has 0 spiro atoms. The molecule has 3 N–H and O–H groups in total. The van der Waals surface area contributed by atoms with Gasteiger partial charge in [0, 0.05) is 7.11 Å². The summed E-state index contributed by atoms with van der Waals surface area (Å²) in [7, 11) is 1.25. The van der Waals surface area contributed by atoms with E-state index in [1.807, 2.05) is 0 Å². The SMILES string of the molecule is COC(O)C(O)C(C)O. The van der Waals surface area contributed by atoms with E-state index in [-0.39, 0.29) is 0 Å². The molecule has 0 rings (SSSR count). The molecule has 0 fully saturated rings. The van der Waals surface area contributed by atoms with E-state index in [2.05, 4.69) is 4.74 Å². The van der Waals surface area contributed by atoms with Gasteiger partial charge in [-0.25, -0.2) is 0 Å². The Morgan fingerprint density at radius 3 is 1.78 bits per heavy atom. The molecule has 4 nitrogen and oxygen atoms in total. The molecule has 0 amide bonds. The van der Waals surface area contributed by atoms with Crippen LogP contribution >= 0.6 is 0 Å². The smallest absolute Gasteiger partial charge is 0.183 e. The summed E-state index contributed by atoms with van der Waals surface area (Å²) in [5.41, 5.74) is 0. The minimum Gasteiger partial charge on any atom is -0.391 e. The molecule has 0 aliphatic carbocycles. The minimum absolute atomic E-state index is 0.972. The van der Waals surface area contributed by atoms with Crippen molar-refractivity contribution >= 4 is 0 Å². The summed E-state index contributed by atoms with van der Waals surface area (Å²) in [4.78, 5) is 0. The first-order valence-corrected chi connectivity index (χ1v) is 2.66. The van der Waals surface area contributed by atoms with Crippen LogP contribution in [0.15, 0.2) is 0 Å². The Bertz CT molecular complexity index is 73.4. The van der Waals surface area contributed by atoms with Crippen molar-refractivity contribution in [2.45, 2.75) is 25.4 Å². The summed E-state index contributed by atoms with van der Waals surface area (Å²) in [6.45, 7) is 1.37. The van der Waals surface area contributed by atoms with Crippen LogP contribution in [0.3, 0.4) is 0 Å². The third-order valence-corrected chi connectivity index (χ3v) is 1.03. The van der Waals surface area contributed by atoms with E-state index in [9.17, 15) is 0 Å². The summed E-state index contributed by atoms with van der Waals surface area (Å²) >= 11 is 0. The second-order valence-electron chi connectivity index (χ2n) is 1.86. The van der Waals surface area contributed by atoms with Gasteiger partial charge in [-0.15, -0.1) is 0 Å². The highest BCUT2D eigenvalue weighted by molar-refractivity contribution is 4.63. The molecular formula is C5H12O4. The highest BCUT2D eigenvalue weighted by atomic mass is 16.6. The second-order valence-corrected chi connectivity index (χ2v) is 1.86. The van der Waals surface area contributed by atoms with Gasteiger partial charge in [0.1, 0.15) is 6.10 Å². The average Bonchev–Trinajstić information content (AvgIpc) is 1.84. The van der Waals surface area contributed by atoms with Crippen LogP contribution < -0.4 is 0 Å². The first-order valence-electron chi connectivity index (χ1n) is 2.66. The molecule has 0 aliphatic heterocycles. The van der Waals surface area contributed by atoms with Crippen molar-refractivity contribution in [1.82, 2.24) is 0 Å². The summed E-state index contributed by atoms with van der Waals surface area (Å²) in [5.74, 6) is 0. The van der Waals surface area contributed by atoms with Crippen LogP contribution in [0.5, 0.6) is 0 Å². The third kappa shape index (κ3) is 2.76. The monoisotopic (exact) mass is 136 g/mol. The Balaban J connectivity index is 3.58. The maximum atomic E-state index is 8.77. The predicted molar refractivity (Wildman–Crippen MR) is 30.7 cm³/mol. The van der Waals surface area contributed by atoms with E-state index < -0.39 is 18.5 Å². The number of hydrogen-bond donors (Lipinski definition) is 3. The first-order chi connectivity index (χ1) is 4.09. The Hall–Kier alpha value is -0.160. The molecule has 0 bridgehead atoms. The van der Waals surface area contributed by atoms with Crippen molar-refractivity contribution in [2.75, 3.05) is 7.11 Å². The largest absolute Gasteiger partial charge is 0.391 e. The summed E-state index contributed by atoms with van der Waals surface area (Å²) in [5, 5.41) is 26.1. The number of hydrogen-bond acceptors (Lipinski definition) is 4. The Kier molecular flexibility index (Phi) is 3.72. The van der Waals surface area contributed by atoms with Gasteiger partial charge in [-0.05, 0) is 6.92 Å². The zero-order valence-corrected chi connectivity index (χ0v) is 5.48. The normalized spacial score (nSPS) is 21.0. The van der Waals surface area contributed by atoms with Crippen LogP contribution in [0.25, 0.3) is 0 Å². The third-order valence-electron chi connectivity index (χ3n) is 1.03. The van der Waals surface area contributed by atoms with Gasteiger partial charge in [-0.1, -0.05) is 0 Å². The fourth-order valence-electron chi connectivity index (χ4n) is 0.378. The van der Waals surface area contributed by atoms with Crippen molar-refractivity contribution in [3.63, 3.8) is 0 Å². The predicted octanol–water partition coefficient (Wildman–Crippen LogP) is -1.31. The van der Waals surface area contributed by atoms with Gasteiger partial charge < -0.3 is 20.1 Å². The molecular weight excluding hydrogens is 124 g/mol. The fourth-order valence-corrected chi connectivity index (χ4v) is 0.378. The summed E-state index contributed by atoms with van der Waals surface area (Å²) < 4.78 is 4.32. The van der Waals surface area contributed by atoms with Crippen LogP contribution in [0.1, 0.15) is 6.92 Å². The number of ether oxygens (including phenoxy) is 1. The van der Waals surface area contributed by atoms with Crippen molar-refractivity contribution < 1.29 is 20.1 Å². The first kappa shape index (κ1) is 8.84. The van der Waals surface area contributed by atoms with Crippen LogP contribution in [0.2, 0.25) is 0 Å². The van der Waals surface area contributed by atoms with E-state index in [1.165, 1.54) is 14.0 Å². The molecule has 0 saturated carbocycles. The van der Waals surface area contributed by atoms with Gasteiger partial charge in [0.05, 0.1) is 6.10 Å². The molecule has 0 radical (unpaired) electrons. The molecule has 3 atom stereocenters. The van der Waals surface area contributed by atoms with E-state index >= 15 is 0 Å². The van der Waals surface area contributed by atoms with Crippen molar-refractivity contribution in [3.05, 3.63) is 0 Å². The zero-order chi connectivity index (χ0) is 7.44. The fraction of sp³-hybridized carbons (Fsp3) is 1.00. The number of aliphatic hydroxyl groups excluding tert-OH is 3. The molecule has 0 heterocycles. The van der Waals surface area contributed by atoms with Crippen molar-refractivity contribution in [3.8, 4) is 0 Å². The molecule has 0 saturated heterocycles. The van der Waals surface area contributed by atoms with E-state index in [4.69, 9.17) is 15.3 Å². The molecule has 0 aromatic carbocycles. The average molecular weight is 136 g/mol. The lowest BCUT2D eigenvalue weighted by Crippen LogP contribution is -2.36. The maximum Gasteiger partial charge on any atom is 0.183 e. The number of rotatable bonds is 3. The quantitative estimate of drug-likeness (QED) is 0.421. The second kappa shape index (κ2) is 3.79. The van der Waals surface area contributed by atoms with Crippen molar-refractivity contribution in [2.24, 2.45) is 0 Å².